The molecular formula is C12H13N3O4S. The summed E-state index contributed by atoms with van der Waals surface area (Å²) in [6.07, 6.45) is 1.58. The summed E-state index contributed by atoms with van der Waals surface area (Å²) in [5.74, 6) is 0.731. The molecule has 0 amide bonds. The zero-order valence-corrected chi connectivity index (χ0v) is 11.7. The first-order valence-electron chi connectivity index (χ1n) is 5.54. The Labute approximate surface area is 117 Å². The van der Waals surface area contributed by atoms with Crippen molar-refractivity contribution in [2.24, 2.45) is 10.7 Å². The first-order chi connectivity index (χ1) is 9.56. The van der Waals surface area contributed by atoms with Gasteiger partial charge in [-0.05, 0) is 16.8 Å². The molecule has 20 heavy (non-hydrogen) atoms. The third kappa shape index (κ3) is 2.64. The SMILES string of the molecule is COc1cc(C=S2C=CN=C2N)c([N+](=O)[O-])cc1OC. The van der Waals surface area contributed by atoms with Gasteiger partial charge in [0.2, 0.25) is 0 Å². The summed E-state index contributed by atoms with van der Waals surface area (Å²) < 4.78 is 10.2. The van der Waals surface area contributed by atoms with E-state index < -0.39 is 15.4 Å². The lowest BCUT2D eigenvalue weighted by atomic mass is 10.2. The molecule has 0 aliphatic carbocycles. The topological polar surface area (TPSA) is 100.0 Å². The van der Waals surface area contributed by atoms with Crippen molar-refractivity contribution in [2.45, 2.75) is 0 Å². The van der Waals surface area contributed by atoms with E-state index in [4.69, 9.17) is 15.2 Å². The Bertz CT molecular complexity index is 652. The quantitative estimate of drug-likeness (QED) is 0.519. The highest BCUT2D eigenvalue weighted by molar-refractivity contribution is 8.30. The first-order valence-corrected chi connectivity index (χ1v) is 6.89. The molecule has 1 atom stereocenters. The van der Waals surface area contributed by atoms with Gasteiger partial charge in [0.05, 0.1) is 30.8 Å². The molecule has 1 heterocycles. The third-order valence-electron chi connectivity index (χ3n) is 2.63. The van der Waals surface area contributed by atoms with E-state index in [2.05, 4.69) is 4.99 Å². The van der Waals surface area contributed by atoms with Crippen molar-refractivity contribution >= 4 is 26.7 Å². The Morgan fingerprint density at radius 2 is 2.00 bits per heavy atom. The Hall–Kier alpha value is -2.35. The molecule has 0 radical (unpaired) electrons. The van der Waals surface area contributed by atoms with Crippen LogP contribution in [0.4, 0.5) is 5.69 Å². The Kier molecular flexibility index (Phi) is 4.04. The molecule has 106 valence electrons. The molecule has 1 unspecified atom stereocenters. The van der Waals surface area contributed by atoms with Crippen molar-refractivity contribution in [3.05, 3.63) is 39.4 Å². The molecule has 0 saturated heterocycles. The number of aliphatic imine (C=N–C) groups is 1. The van der Waals surface area contributed by atoms with Gasteiger partial charge in [-0.2, -0.15) is 0 Å². The number of nitrogens with zero attached hydrogens (tertiary/aromatic N) is 2. The number of rotatable bonds is 4. The smallest absolute Gasteiger partial charge is 0.281 e. The minimum absolute atomic E-state index is 0.0664. The maximum absolute atomic E-state index is 11.2. The second kappa shape index (κ2) is 5.74. The van der Waals surface area contributed by atoms with Crippen LogP contribution >= 0.6 is 10.5 Å². The highest BCUT2D eigenvalue weighted by atomic mass is 32.2. The average Bonchev–Trinajstić information content (AvgIpc) is 2.83. The monoisotopic (exact) mass is 295 g/mol. The highest BCUT2D eigenvalue weighted by Crippen LogP contribution is 2.35. The standard InChI is InChI=1S/C12H13N3O4S/c1-18-10-5-8(7-20-4-3-14-12(20)13)9(15(16)17)6-11(10)19-2/h3-7H,1-2H3,(H2,13,14). The third-order valence-corrected chi connectivity index (χ3v) is 4.15. The molecule has 0 aromatic heterocycles. The number of nitro benzene ring substituents is 1. The van der Waals surface area contributed by atoms with Crippen LogP contribution in [0.25, 0.3) is 0 Å². The van der Waals surface area contributed by atoms with E-state index in [0.29, 0.717) is 22.2 Å². The minimum atomic E-state index is -0.547. The van der Waals surface area contributed by atoms with Gasteiger partial charge in [-0.15, -0.1) is 0 Å². The molecule has 0 saturated carbocycles. The summed E-state index contributed by atoms with van der Waals surface area (Å²) in [6, 6.07) is 2.89. The maximum atomic E-state index is 11.2. The van der Waals surface area contributed by atoms with Crippen molar-refractivity contribution in [1.29, 1.82) is 0 Å². The van der Waals surface area contributed by atoms with Crippen molar-refractivity contribution in [3.8, 4) is 11.5 Å². The fourth-order valence-electron chi connectivity index (χ4n) is 1.67. The zero-order valence-electron chi connectivity index (χ0n) is 10.9. The molecule has 0 bridgehead atoms. The van der Waals surface area contributed by atoms with Gasteiger partial charge in [0, 0.05) is 6.20 Å². The normalized spacial score (nSPS) is 17.1. The summed E-state index contributed by atoms with van der Waals surface area (Å²) in [6.45, 7) is 0. The summed E-state index contributed by atoms with van der Waals surface area (Å²) in [5.41, 5.74) is 6.07. The van der Waals surface area contributed by atoms with E-state index >= 15 is 0 Å². The fraction of sp³-hybridized carbons (Fsp3) is 0.167. The Balaban J connectivity index is 2.59. The van der Waals surface area contributed by atoms with Gasteiger partial charge in [-0.3, -0.25) is 10.1 Å². The van der Waals surface area contributed by atoms with Crippen LogP contribution in [0.5, 0.6) is 11.5 Å². The summed E-state index contributed by atoms with van der Waals surface area (Å²) in [5, 5.41) is 15.1. The van der Waals surface area contributed by atoms with E-state index in [1.165, 1.54) is 20.3 Å². The molecule has 2 N–H and O–H groups in total. The Morgan fingerprint density at radius 3 is 2.50 bits per heavy atom. The predicted octanol–water partition coefficient (Wildman–Crippen LogP) is 1.83. The lowest BCUT2D eigenvalue weighted by molar-refractivity contribution is -0.385. The summed E-state index contributed by atoms with van der Waals surface area (Å²) in [4.78, 5) is 14.6. The van der Waals surface area contributed by atoms with Gasteiger partial charge in [-0.1, -0.05) is 10.5 Å². The van der Waals surface area contributed by atoms with Crippen molar-refractivity contribution in [2.75, 3.05) is 14.2 Å². The molecule has 0 fully saturated rings. The van der Waals surface area contributed by atoms with Crippen LogP contribution in [-0.4, -0.2) is 29.7 Å². The number of amidine groups is 1. The second-order valence-electron chi connectivity index (χ2n) is 3.77. The number of hydrogen-bond donors (Lipinski definition) is 1. The van der Waals surface area contributed by atoms with E-state index in [-0.39, 0.29) is 5.69 Å². The number of nitro groups is 1. The fourth-order valence-corrected chi connectivity index (χ4v) is 2.85. The van der Waals surface area contributed by atoms with E-state index in [1.54, 1.807) is 23.0 Å². The molecule has 1 aromatic carbocycles. The van der Waals surface area contributed by atoms with Crippen LogP contribution in [0.15, 0.2) is 28.7 Å². The van der Waals surface area contributed by atoms with Crippen LogP contribution in [-0.2, 0) is 0 Å². The molecule has 1 aliphatic heterocycles. The number of hydrogen-bond acceptors (Lipinski definition) is 6. The van der Waals surface area contributed by atoms with Gasteiger partial charge >= 0.3 is 0 Å². The van der Waals surface area contributed by atoms with Crippen molar-refractivity contribution in [3.63, 3.8) is 0 Å². The Morgan fingerprint density at radius 1 is 1.35 bits per heavy atom. The number of ether oxygens (including phenoxy) is 2. The second-order valence-corrected chi connectivity index (χ2v) is 5.43. The van der Waals surface area contributed by atoms with Crippen LogP contribution in [0.1, 0.15) is 5.56 Å². The summed E-state index contributed by atoms with van der Waals surface area (Å²) in [7, 11) is 2.35. The van der Waals surface area contributed by atoms with Crippen molar-refractivity contribution in [1.82, 2.24) is 0 Å². The van der Waals surface area contributed by atoms with Gasteiger partial charge in [-0.25, -0.2) is 4.99 Å². The zero-order chi connectivity index (χ0) is 14.7. The molecule has 8 heteroatoms. The average molecular weight is 295 g/mol. The predicted molar refractivity (Wildman–Crippen MR) is 79.7 cm³/mol. The van der Waals surface area contributed by atoms with E-state index in [0.717, 1.165) is 0 Å². The lowest BCUT2D eigenvalue weighted by Crippen LogP contribution is -2.06. The maximum Gasteiger partial charge on any atom is 0.281 e. The van der Waals surface area contributed by atoms with Crippen molar-refractivity contribution < 1.29 is 14.4 Å². The molecule has 1 aliphatic rings. The van der Waals surface area contributed by atoms with E-state index in [9.17, 15) is 10.1 Å². The van der Waals surface area contributed by atoms with Gasteiger partial charge in [0.15, 0.2) is 16.7 Å². The van der Waals surface area contributed by atoms with Crippen LogP contribution < -0.4 is 15.2 Å². The largest absolute Gasteiger partial charge is 0.493 e. The number of methoxy groups -OCH3 is 2. The van der Waals surface area contributed by atoms with E-state index in [1.807, 2.05) is 0 Å². The van der Waals surface area contributed by atoms with Crippen LogP contribution in [0.2, 0.25) is 0 Å². The molecular weight excluding hydrogens is 282 g/mol. The van der Waals surface area contributed by atoms with Gasteiger partial charge in [0.1, 0.15) is 0 Å². The van der Waals surface area contributed by atoms with Crippen LogP contribution in [0, 0.1) is 10.1 Å². The van der Waals surface area contributed by atoms with Crippen LogP contribution in [0.3, 0.4) is 0 Å². The summed E-state index contributed by atoms with van der Waals surface area (Å²) >= 11 is 0. The minimum Gasteiger partial charge on any atom is -0.493 e. The van der Waals surface area contributed by atoms with Gasteiger partial charge in [0.25, 0.3) is 5.69 Å². The molecule has 0 spiro atoms. The highest BCUT2D eigenvalue weighted by Gasteiger charge is 2.19. The number of benzene rings is 1. The molecule has 2 rings (SSSR count). The molecule has 7 nitrogen and oxygen atoms in total. The first kappa shape index (κ1) is 14.1. The lowest BCUT2D eigenvalue weighted by Gasteiger charge is -2.09. The molecule has 1 aromatic rings. The number of nitrogens with two attached hydrogens (primary N) is 1. The van der Waals surface area contributed by atoms with Gasteiger partial charge < -0.3 is 15.2 Å².